The van der Waals surface area contributed by atoms with Crippen LogP contribution in [0.5, 0.6) is 0 Å². The lowest BCUT2D eigenvalue weighted by Crippen LogP contribution is -2.16. The minimum Gasteiger partial charge on any atom is -0.299 e. The summed E-state index contributed by atoms with van der Waals surface area (Å²) >= 11 is 7.67. The average molecular weight is 295 g/mol. The van der Waals surface area contributed by atoms with Gasteiger partial charge in [-0.2, -0.15) is 0 Å². The van der Waals surface area contributed by atoms with Crippen LogP contribution in [0.25, 0.3) is 0 Å². The molecule has 1 nitrogen and oxygen atoms in total. The van der Waals surface area contributed by atoms with Crippen molar-refractivity contribution in [3.63, 3.8) is 0 Å². The summed E-state index contributed by atoms with van der Waals surface area (Å²) in [5.74, 6) is 3.41. The molecule has 19 heavy (non-hydrogen) atoms. The third-order valence-electron chi connectivity index (χ3n) is 4.60. The third-order valence-corrected chi connectivity index (χ3v) is 6.17. The molecule has 3 atom stereocenters. The Morgan fingerprint density at radius 2 is 2.11 bits per heavy atom. The Bertz CT molecular complexity index is 474. The number of thioether (sulfide) groups is 1. The van der Waals surface area contributed by atoms with Crippen LogP contribution in [0.2, 0.25) is 5.02 Å². The maximum Gasteiger partial charge on any atom is 0.143 e. The van der Waals surface area contributed by atoms with Gasteiger partial charge in [0.2, 0.25) is 0 Å². The highest BCUT2D eigenvalue weighted by Gasteiger charge is 2.39. The van der Waals surface area contributed by atoms with E-state index in [0.29, 0.717) is 17.5 Å². The molecule has 0 heterocycles. The third kappa shape index (κ3) is 3.17. The van der Waals surface area contributed by atoms with E-state index in [1.54, 1.807) is 11.8 Å². The SMILES string of the molecule is O=C(CSc1ccccc1Cl)CC1CC2CCC1C2. The van der Waals surface area contributed by atoms with Crippen LogP contribution in [-0.2, 0) is 4.79 Å². The first kappa shape index (κ1) is 13.5. The number of hydrogen-bond acceptors (Lipinski definition) is 2. The molecular weight excluding hydrogens is 276 g/mol. The number of fused-ring (bicyclic) bond motifs is 2. The van der Waals surface area contributed by atoms with Crippen molar-refractivity contribution in [2.75, 3.05) is 5.75 Å². The molecule has 3 rings (SSSR count). The van der Waals surface area contributed by atoms with Gasteiger partial charge in [-0.3, -0.25) is 4.79 Å². The highest BCUT2D eigenvalue weighted by atomic mass is 35.5. The highest BCUT2D eigenvalue weighted by Crippen LogP contribution is 2.49. The minimum atomic E-state index is 0.391. The Balaban J connectivity index is 1.48. The van der Waals surface area contributed by atoms with Gasteiger partial charge in [0.05, 0.1) is 10.8 Å². The van der Waals surface area contributed by atoms with Crippen molar-refractivity contribution >= 4 is 29.1 Å². The smallest absolute Gasteiger partial charge is 0.143 e. The molecule has 3 unspecified atom stereocenters. The Labute approximate surface area is 124 Å². The summed E-state index contributed by atoms with van der Waals surface area (Å²) in [6, 6.07) is 7.75. The molecule has 102 valence electrons. The van der Waals surface area contributed by atoms with E-state index >= 15 is 0 Å². The fourth-order valence-electron chi connectivity index (χ4n) is 3.70. The van der Waals surface area contributed by atoms with Crippen molar-refractivity contribution in [2.45, 2.75) is 37.0 Å². The molecule has 1 aromatic rings. The fourth-order valence-corrected chi connectivity index (χ4v) is 4.81. The monoisotopic (exact) mass is 294 g/mol. The van der Waals surface area contributed by atoms with Crippen molar-refractivity contribution in [1.29, 1.82) is 0 Å². The van der Waals surface area contributed by atoms with E-state index in [4.69, 9.17) is 11.6 Å². The second kappa shape index (κ2) is 5.88. The summed E-state index contributed by atoms with van der Waals surface area (Å²) in [7, 11) is 0. The van der Waals surface area contributed by atoms with E-state index in [1.165, 1.54) is 25.7 Å². The van der Waals surface area contributed by atoms with Crippen molar-refractivity contribution in [3.05, 3.63) is 29.3 Å². The zero-order chi connectivity index (χ0) is 13.2. The number of rotatable bonds is 5. The summed E-state index contributed by atoms with van der Waals surface area (Å²) in [5.41, 5.74) is 0. The summed E-state index contributed by atoms with van der Waals surface area (Å²) in [6.45, 7) is 0. The number of hydrogen-bond donors (Lipinski definition) is 0. The van der Waals surface area contributed by atoms with Gasteiger partial charge < -0.3 is 0 Å². The lowest BCUT2D eigenvalue weighted by Gasteiger charge is -2.20. The summed E-state index contributed by atoms with van der Waals surface area (Å²) in [4.78, 5) is 13.1. The number of carbonyl (C=O) groups excluding carboxylic acids is 1. The van der Waals surface area contributed by atoms with E-state index in [9.17, 15) is 4.79 Å². The molecular formula is C16H19ClOS. The lowest BCUT2D eigenvalue weighted by molar-refractivity contribution is -0.117. The zero-order valence-corrected chi connectivity index (χ0v) is 12.6. The molecule has 2 saturated carbocycles. The molecule has 2 fully saturated rings. The quantitative estimate of drug-likeness (QED) is 0.724. The van der Waals surface area contributed by atoms with E-state index < -0.39 is 0 Å². The average Bonchev–Trinajstić information content (AvgIpc) is 3.00. The van der Waals surface area contributed by atoms with Crippen molar-refractivity contribution in [1.82, 2.24) is 0 Å². The Hall–Kier alpha value is -0.470. The van der Waals surface area contributed by atoms with Gasteiger partial charge in [0.25, 0.3) is 0 Å². The van der Waals surface area contributed by atoms with Crippen LogP contribution in [0.1, 0.15) is 32.1 Å². The van der Waals surface area contributed by atoms with Crippen molar-refractivity contribution in [3.8, 4) is 0 Å². The second-order valence-corrected chi connectivity index (χ2v) is 7.32. The molecule has 0 aliphatic heterocycles. The summed E-state index contributed by atoms with van der Waals surface area (Å²) in [6.07, 6.45) is 6.24. The van der Waals surface area contributed by atoms with Crippen molar-refractivity contribution in [2.24, 2.45) is 17.8 Å². The summed E-state index contributed by atoms with van der Waals surface area (Å²) < 4.78 is 0. The first-order valence-corrected chi connectivity index (χ1v) is 8.47. The van der Waals surface area contributed by atoms with Crippen LogP contribution in [0.15, 0.2) is 29.2 Å². The van der Waals surface area contributed by atoms with Crippen LogP contribution >= 0.6 is 23.4 Å². The van der Waals surface area contributed by atoms with Gasteiger partial charge in [-0.05, 0) is 49.1 Å². The molecule has 1 aromatic carbocycles. The molecule has 3 heteroatoms. The van der Waals surface area contributed by atoms with Crippen LogP contribution in [0, 0.1) is 17.8 Å². The van der Waals surface area contributed by atoms with Gasteiger partial charge in [0.1, 0.15) is 5.78 Å². The normalized spacial score (nSPS) is 28.8. The summed E-state index contributed by atoms with van der Waals surface area (Å²) in [5, 5.41) is 0.750. The predicted octanol–water partition coefficient (Wildman–Crippen LogP) is 4.83. The van der Waals surface area contributed by atoms with Gasteiger partial charge in [-0.25, -0.2) is 0 Å². The number of halogens is 1. The number of ketones is 1. The lowest BCUT2D eigenvalue weighted by atomic mass is 9.85. The molecule has 0 spiro atoms. The van der Waals surface area contributed by atoms with Gasteiger partial charge in [0, 0.05) is 11.3 Å². The first-order valence-electron chi connectivity index (χ1n) is 7.11. The molecule has 0 radical (unpaired) electrons. The largest absolute Gasteiger partial charge is 0.299 e. The topological polar surface area (TPSA) is 17.1 Å². The first-order chi connectivity index (χ1) is 9.22. The second-order valence-electron chi connectivity index (χ2n) is 5.90. The van der Waals surface area contributed by atoms with Crippen LogP contribution in [0.4, 0.5) is 0 Å². The number of carbonyl (C=O) groups is 1. The van der Waals surface area contributed by atoms with Crippen LogP contribution in [-0.4, -0.2) is 11.5 Å². The van der Waals surface area contributed by atoms with Crippen LogP contribution in [0.3, 0.4) is 0 Å². The predicted molar refractivity (Wildman–Crippen MR) is 80.7 cm³/mol. The number of benzene rings is 1. The molecule has 0 aromatic heterocycles. The fraction of sp³-hybridized carbons (Fsp3) is 0.562. The Morgan fingerprint density at radius 3 is 2.79 bits per heavy atom. The minimum absolute atomic E-state index is 0.391. The van der Waals surface area contributed by atoms with Gasteiger partial charge in [-0.1, -0.05) is 30.2 Å². The molecule has 2 aliphatic rings. The van der Waals surface area contributed by atoms with Crippen LogP contribution < -0.4 is 0 Å². The zero-order valence-electron chi connectivity index (χ0n) is 11.0. The molecule has 0 amide bonds. The number of Topliss-reactive ketones (excluding diaryl/α,β-unsaturated/α-hetero) is 1. The van der Waals surface area contributed by atoms with Gasteiger partial charge in [-0.15, -0.1) is 11.8 Å². The van der Waals surface area contributed by atoms with E-state index in [-0.39, 0.29) is 0 Å². The van der Waals surface area contributed by atoms with E-state index in [2.05, 4.69) is 0 Å². The Morgan fingerprint density at radius 1 is 1.26 bits per heavy atom. The Kier molecular flexibility index (Phi) is 4.18. The van der Waals surface area contributed by atoms with Gasteiger partial charge >= 0.3 is 0 Å². The molecule has 2 aliphatic carbocycles. The maximum atomic E-state index is 12.1. The molecule has 2 bridgehead atoms. The standard InChI is InChI=1S/C16H19ClOS/c17-15-3-1-2-4-16(15)19-10-14(18)9-13-8-11-5-6-12(13)7-11/h1-4,11-13H,5-10H2. The van der Waals surface area contributed by atoms with E-state index in [0.717, 1.165) is 28.2 Å². The highest BCUT2D eigenvalue weighted by molar-refractivity contribution is 8.00. The van der Waals surface area contributed by atoms with E-state index in [1.807, 2.05) is 24.3 Å². The molecule has 0 saturated heterocycles. The molecule has 0 N–H and O–H groups in total. The van der Waals surface area contributed by atoms with Crippen molar-refractivity contribution < 1.29 is 4.79 Å². The maximum absolute atomic E-state index is 12.1. The van der Waals surface area contributed by atoms with Gasteiger partial charge in [0.15, 0.2) is 0 Å².